The van der Waals surface area contributed by atoms with Crippen molar-refractivity contribution in [2.24, 2.45) is 5.10 Å². The Kier molecular flexibility index (Phi) is 8.86. The van der Waals surface area contributed by atoms with E-state index in [0.717, 1.165) is 5.56 Å². The average Bonchev–Trinajstić information content (AvgIpc) is 2.97. The number of benzene rings is 4. The first-order valence-electron chi connectivity index (χ1n) is 11.9. The molecule has 0 radical (unpaired) electrons. The Morgan fingerprint density at radius 3 is 2.27 bits per heavy atom. The van der Waals surface area contributed by atoms with Crippen molar-refractivity contribution in [3.63, 3.8) is 0 Å². The highest BCUT2D eigenvalue weighted by molar-refractivity contribution is 6.05. The molecule has 2 amide bonds. The van der Waals surface area contributed by atoms with Crippen molar-refractivity contribution in [3.05, 3.63) is 142 Å². The Morgan fingerprint density at radius 1 is 0.800 bits per heavy atom. The molecule has 0 saturated heterocycles. The van der Waals surface area contributed by atoms with Gasteiger partial charge in [-0.3, -0.25) is 19.7 Å². The summed E-state index contributed by atoms with van der Waals surface area (Å²) in [5.41, 5.74) is 4.39. The molecule has 4 aromatic carbocycles. The third-order valence-corrected chi connectivity index (χ3v) is 5.43. The highest BCUT2D eigenvalue weighted by atomic mass is 16.6. The smallest absolute Gasteiger partial charge is 0.336 e. The van der Waals surface area contributed by atoms with Crippen LogP contribution >= 0.6 is 0 Å². The Labute approximate surface area is 228 Å². The van der Waals surface area contributed by atoms with Gasteiger partial charge in [-0.05, 0) is 54.1 Å². The molecule has 0 aliphatic carbocycles. The number of nitro groups is 1. The summed E-state index contributed by atoms with van der Waals surface area (Å²) in [7, 11) is 0. The number of hydrogen-bond acceptors (Lipinski definition) is 7. The molecule has 0 fully saturated rings. The van der Waals surface area contributed by atoms with Crippen molar-refractivity contribution in [1.82, 2.24) is 5.43 Å². The molecular weight excluding hydrogens is 512 g/mol. The summed E-state index contributed by atoms with van der Waals surface area (Å²) in [4.78, 5) is 47.6. The average molecular weight is 535 g/mol. The van der Waals surface area contributed by atoms with Gasteiger partial charge in [0.2, 0.25) is 0 Å². The molecule has 0 aromatic heterocycles. The van der Waals surface area contributed by atoms with Crippen LogP contribution in [0.15, 0.2) is 114 Å². The minimum atomic E-state index is -0.568. The van der Waals surface area contributed by atoms with E-state index in [1.54, 1.807) is 48.5 Å². The number of anilines is 1. The first-order chi connectivity index (χ1) is 19.4. The molecule has 40 heavy (non-hydrogen) atoms. The van der Waals surface area contributed by atoms with E-state index >= 15 is 0 Å². The van der Waals surface area contributed by atoms with Gasteiger partial charge in [-0.2, -0.15) is 5.10 Å². The summed E-state index contributed by atoms with van der Waals surface area (Å²) in [5.74, 6) is -1.33. The van der Waals surface area contributed by atoms with Gasteiger partial charge in [-0.15, -0.1) is 0 Å². The van der Waals surface area contributed by atoms with Crippen LogP contribution in [0.4, 0.5) is 11.4 Å². The maximum Gasteiger partial charge on any atom is 0.336 e. The van der Waals surface area contributed by atoms with Crippen LogP contribution in [0.1, 0.15) is 31.8 Å². The van der Waals surface area contributed by atoms with Crippen molar-refractivity contribution in [2.45, 2.75) is 0 Å². The minimum Gasteiger partial charge on any atom is -0.423 e. The molecule has 10 heteroatoms. The summed E-state index contributed by atoms with van der Waals surface area (Å²) in [6, 6.07) is 27.4. The van der Waals surface area contributed by atoms with E-state index in [-0.39, 0.29) is 22.6 Å². The molecule has 4 rings (SSSR count). The van der Waals surface area contributed by atoms with Gasteiger partial charge in [-0.25, -0.2) is 10.2 Å². The highest BCUT2D eigenvalue weighted by Gasteiger charge is 2.12. The molecule has 0 saturated carbocycles. The molecule has 4 aromatic rings. The number of rotatable bonds is 9. The molecule has 0 aliphatic rings. The molecule has 0 heterocycles. The number of nitro benzene ring substituents is 1. The van der Waals surface area contributed by atoms with Gasteiger partial charge in [-0.1, -0.05) is 48.5 Å². The van der Waals surface area contributed by atoms with Crippen molar-refractivity contribution < 1.29 is 24.0 Å². The van der Waals surface area contributed by atoms with Crippen LogP contribution in [-0.4, -0.2) is 28.9 Å². The SMILES string of the molecule is O=C(/C=C/c1ccccc1)Oc1ccccc1C=NNC(=O)c1cccc(NC(=O)c2ccc([N+](=O)[O-])cc2)c1. The number of non-ortho nitro benzene ring substituents is 1. The van der Waals surface area contributed by atoms with Crippen LogP contribution in [0.5, 0.6) is 5.75 Å². The van der Waals surface area contributed by atoms with Crippen LogP contribution in [-0.2, 0) is 4.79 Å². The number of amides is 2. The molecule has 0 bridgehead atoms. The van der Waals surface area contributed by atoms with Gasteiger partial charge < -0.3 is 10.1 Å². The van der Waals surface area contributed by atoms with Crippen LogP contribution in [0, 0.1) is 10.1 Å². The minimum absolute atomic E-state index is 0.128. The van der Waals surface area contributed by atoms with E-state index < -0.39 is 22.7 Å². The third kappa shape index (κ3) is 7.56. The number of para-hydroxylation sites is 1. The lowest BCUT2D eigenvalue weighted by Gasteiger charge is -2.07. The van der Waals surface area contributed by atoms with E-state index in [1.165, 1.54) is 42.6 Å². The van der Waals surface area contributed by atoms with E-state index in [4.69, 9.17) is 4.74 Å². The van der Waals surface area contributed by atoms with E-state index in [0.29, 0.717) is 11.3 Å². The molecule has 0 aliphatic heterocycles. The Bertz CT molecular complexity index is 1600. The maximum atomic E-state index is 12.6. The number of carbonyl (C=O) groups is 3. The van der Waals surface area contributed by atoms with Crippen LogP contribution in [0.2, 0.25) is 0 Å². The van der Waals surface area contributed by atoms with Gasteiger partial charge in [0.25, 0.3) is 17.5 Å². The van der Waals surface area contributed by atoms with Gasteiger partial charge >= 0.3 is 5.97 Å². The topological polar surface area (TPSA) is 140 Å². The molecule has 0 unspecified atom stereocenters. The van der Waals surface area contributed by atoms with Crippen molar-refractivity contribution in [2.75, 3.05) is 5.32 Å². The fourth-order valence-corrected chi connectivity index (χ4v) is 3.45. The number of carbonyl (C=O) groups excluding carboxylic acids is 3. The Morgan fingerprint density at radius 2 is 1.52 bits per heavy atom. The zero-order chi connectivity index (χ0) is 28.3. The summed E-state index contributed by atoms with van der Waals surface area (Å²) in [6.07, 6.45) is 4.31. The third-order valence-electron chi connectivity index (χ3n) is 5.43. The van der Waals surface area contributed by atoms with Gasteiger partial charge in [0.15, 0.2) is 0 Å². The summed E-state index contributed by atoms with van der Waals surface area (Å²) >= 11 is 0. The normalized spacial score (nSPS) is 10.8. The number of hydrogen-bond donors (Lipinski definition) is 2. The zero-order valence-corrected chi connectivity index (χ0v) is 20.9. The molecule has 10 nitrogen and oxygen atoms in total. The van der Waals surface area contributed by atoms with Gasteiger partial charge in [0, 0.05) is 40.6 Å². The van der Waals surface area contributed by atoms with E-state index in [9.17, 15) is 24.5 Å². The fraction of sp³-hybridized carbons (Fsp3) is 0. The second kappa shape index (κ2) is 13.1. The van der Waals surface area contributed by atoms with Crippen LogP contribution < -0.4 is 15.5 Å². The number of nitrogens with one attached hydrogen (secondary N) is 2. The predicted molar refractivity (Wildman–Crippen MR) is 150 cm³/mol. The summed E-state index contributed by atoms with van der Waals surface area (Å²) in [6.45, 7) is 0. The lowest BCUT2D eigenvalue weighted by Crippen LogP contribution is -2.18. The molecule has 2 N–H and O–H groups in total. The van der Waals surface area contributed by atoms with Crippen molar-refractivity contribution >= 4 is 41.4 Å². The Balaban J connectivity index is 1.36. The van der Waals surface area contributed by atoms with Crippen molar-refractivity contribution in [3.8, 4) is 5.75 Å². The fourth-order valence-electron chi connectivity index (χ4n) is 3.45. The standard InChI is InChI=1S/C30H22N4O6/c35-28(18-13-21-7-2-1-3-8-21)40-27-12-5-4-9-24(27)20-31-33-30(37)23-10-6-11-25(19-23)32-29(36)22-14-16-26(17-15-22)34(38)39/h1-20H,(H,32,36)(H,33,37)/b18-13+,31-20?. The first-order valence-corrected chi connectivity index (χ1v) is 11.9. The molecule has 0 spiro atoms. The number of ether oxygens (including phenoxy) is 1. The lowest BCUT2D eigenvalue weighted by molar-refractivity contribution is -0.384. The summed E-state index contributed by atoms with van der Waals surface area (Å²) in [5, 5.41) is 17.4. The largest absolute Gasteiger partial charge is 0.423 e. The summed E-state index contributed by atoms with van der Waals surface area (Å²) < 4.78 is 5.41. The Hall–Kier alpha value is -5.90. The first kappa shape index (κ1) is 27.1. The second-order valence-corrected chi connectivity index (χ2v) is 8.24. The van der Waals surface area contributed by atoms with E-state index in [2.05, 4.69) is 15.8 Å². The zero-order valence-electron chi connectivity index (χ0n) is 20.9. The van der Waals surface area contributed by atoms with Gasteiger partial charge in [0.05, 0.1) is 11.1 Å². The van der Waals surface area contributed by atoms with Crippen LogP contribution in [0.25, 0.3) is 6.08 Å². The van der Waals surface area contributed by atoms with Gasteiger partial charge in [0.1, 0.15) is 5.75 Å². The quantitative estimate of drug-likeness (QED) is 0.0753. The molecule has 0 atom stereocenters. The second-order valence-electron chi connectivity index (χ2n) is 8.24. The number of hydrazone groups is 1. The molecule has 198 valence electrons. The monoisotopic (exact) mass is 534 g/mol. The predicted octanol–water partition coefficient (Wildman–Crippen LogP) is 5.23. The number of nitrogens with zero attached hydrogens (tertiary/aromatic N) is 2. The van der Waals surface area contributed by atoms with E-state index in [1.807, 2.05) is 30.3 Å². The van der Waals surface area contributed by atoms with Crippen molar-refractivity contribution in [1.29, 1.82) is 0 Å². The highest BCUT2D eigenvalue weighted by Crippen LogP contribution is 2.17. The maximum absolute atomic E-state index is 12.6. The lowest BCUT2D eigenvalue weighted by atomic mass is 10.1. The van der Waals surface area contributed by atoms with Crippen LogP contribution in [0.3, 0.4) is 0 Å². The molecular formula is C30H22N4O6. The number of esters is 1.